The molecule has 1 aromatic carbocycles. The Morgan fingerprint density at radius 2 is 1.95 bits per heavy atom. The minimum atomic E-state index is -4.40. The summed E-state index contributed by atoms with van der Waals surface area (Å²) in [6.07, 6.45) is -3.93. The second kappa shape index (κ2) is 5.74. The second-order valence-corrected chi connectivity index (χ2v) is 5.69. The fourth-order valence-corrected chi connectivity index (χ4v) is 2.37. The molecule has 19 heavy (non-hydrogen) atoms. The minimum Gasteiger partial charge on any atom is -0.399 e. The minimum absolute atomic E-state index is 0.271. The molecule has 0 saturated heterocycles. The Morgan fingerprint density at radius 3 is 2.47 bits per heavy atom. The van der Waals surface area contributed by atoms with E-state index in [9.17, 15) is 26.0 Å². The molecule has 0 radical (unpaired) electrons. The standard InChI is InChI=1S/C10H12F4N2O2S/c11-9(12)10(13,14)6-16-19(17,18)5-7-2-1-3-8(15)4-7/h1-4,9,16H,5-6,15H2. The number of nitrogens with two attached hydrogens (primary N) is 1. The SMILES string of the molecule is Nc1cccc(CS(=O)(=O)NCC(F)(F)C(F)F)c1. The predicted octanol–water partition coefficient (Wildman–Crippen LogP) is 1.59. The molecule has 0 heterocycles. The summed E-state index contributed by atoms with van der Waals surface area (Å²) in [4.78, 5) is 0. The van der Waals surface area contributed by atoms with Gasteiger partial charge in [-0.05, 0) is 17.7 Å². The normalized spacial score (nSPS) is 12.9. The van der Waals surface area contributed by atoms with Crippen molar-refractivity contribution in [2.75, 3.05) is 12.3 Å². The Balaban J connectivity index is 2.68. The van der Waals surface area contributed by atoms with Gasteiger partial charge in [-0.15, -0.1) is 0 Å². The first-order valence-electron chi connectivity index (χ1n) is 5.10. The molecule has 0 aliphatic rings. The number of nitrogens with one attached hydrogen (secondary N) is 1. The first-order valence-corrected chi connectivity index (χ1v) is 6.75. The maximum absolute atomic E-state index is 12.6. The van der Waals surface area contributed by atoms with Crippen LogP contribution in [-0.4, -0.2) is 27.3 Å². The summed E-state index contributed by atoms with van der Waals surface area (Å²) in [5.41, 5.74) is 6.01. The number of hydrogen-bond donors (Lipinski definition) is 2. The lowest BCUT2D eigenvalue weighted by Crippen LogP contribution is -2.41. The highest BCUT2D eigenvalue weighted by Gasteiger charge is 2.41. The largest absolute Gasteiger partial charge is 0.399 e. The van der Waals surface area contributed by atoms with Gasteiger partial charge in [0.1, 0.15) is 0 Å². The van der Waals surface area contributed by atoms with Crippen molar-refractivity contribution in [2.24, 2.45) is 0 Å². The van der Waals surface area contributed by atoms with E-state index in [4.69, 9.17) is 5.73 Å². The molecule has 4 nitrogen and oxygen atoms in total. The summed E-state index contributed by atoms with van der Waals surface area (Å²) >= 11 is 0. The highest BCUT2D eigenvalue weighted by atomic mass is 32.2. The van der Waals surface area contributed by atoms with E-state index in [1.807, 2.05) is 0 Å². The predicted molar refractivity (Wildman–Crippen MR) is 62.4 cm³/mol. The van der Waals surface area contributed by atoms with E-state index in [0.29, 0.717) is 5.69 Å². The lowest BCUT2D eigenvalue weighted by molar-refractivity contribution is -0.122. The van der Waals surface area contributed by atoms with Crippen molar-refractivity contribution in [1.82, 2.24) is 4.72 Å². The molecule has 1 rings (SSSR count). The van der Waals surface area contributed by atoms with Crippen LogP contribution < -0.4 is 10.5 Å². The van der Waals surface area contributed by atoms with E-state index in [1.54, 1.807) is 0 Å². The van der Waals surface area contributed by atoms with E-state index in [-0.39, 0.29) is 5.56 Å². The average Bonchev–Trinajstić information content (AvgIpc) is 2.26. The number of hydrogen-bond acceptors (Lipinski definition) is 3. The fourth-order valence-electron chi connectivity index (χ4n) is 1.24. The van der Waals surface area contributed by atoms with Crippen LogP contribution in [0.25, 0.3) is 0 Å². The second-order valence-electron chi connectivity index (χ2n) is 3.89. The molecule has 9 heteroatoms. The quantitative estimate of drug-likeness (QED) is 0.619. The lowest BCUT2D eigenvalue weighted by Gasteiger charge is -2.15. The van der Waals surface area contributed by atoms with Crippen molar-refractivity contribution < 1.29 is 26.0 Å². The van der Waals surface area contributed by atoms with Gasteiger partial charge in [0.2, 0.25) is 10.0 Å². The van der Waals surface area contributed by atoms with Crippen LogP contribution >= 0.6 is 0 Å². The van der Waals surface area contributed by atoms with Gasteiger partial charge in [0.15, 0.2) is 0 Å². The molecule has 0 aliphatic heterocycles. The molecule has 0 fully saturated rings. The molecule has 0 spiro atoms. The zero-order chi connectivity index (χ0) is 14.7. The van der Waals surface area contributed by atoms with E-state index < -0.39 is 34.7 Å². The van der Waals surface area contributed by atoms with Gasteiger partial charge in [-0.25, -0.2) is 21.9 Å². The van der Waals surface area contributed by atoms with Crippen molar-refractivity contribution in [3.8, 4) is 0 Å². The molecule has 0 unspecified atom stereocenters. The molecule has 0 atom stereocenters. The first kappa shape index (κ1) is 15.7. The third-order valence-corrected chi connectivity index (χ3v) is 3.45. The van der Waals surface area contributed by atoms with Gasteiger partial charge in [-0.1, -0.05) is 12.1 Å². The van der Waals surface area contributed by atoms with Crippen LogP contribution in [0.5, 0.6) is 0 Å². The highest BCUT2D eigenvalue weighted by Crippen LogP contribution is 2.22. The summed E-state index contributed by atoms with van der Waals surface area (Å²) in [6.45, 7) is -1.64. The van der Waals surface area contributed by atoms with Crippen LogP contribution in [-0.2, 0) is 15.8 Å². The Morgan fingerprint density at radius 1 is 1.32 bits per heavy atom. The maximum Gasteiger partial charge on any atom is 0.320 e. The van der Waals surface area contributed by atoms with Crippen LogP contribution in [0.1, 0.15) is 5.56 Å². The topological polar surface area (TPSA) is 72.2 Å². The molecular weight excluding hydrogens is 288 g/mol. The summed E-state index contributed by atoms with van der Waals surface area (Å²) in [7, 11) is -4.14. The molecule has 108 valence electrons. The van der Waals surface area contributed by atoms with Gasteiger partial charge < -0.3 is 5.73 Å². The van der Waals surface area contributed by atoms with E-state index in [0.717, 1.165) is 0 Å². The fraction of sp³-hybridized carbons (Fsp3) is 0.400. The van der Waals surface area contributed by atoms with Crippen molar-refractivity contribution in [1.29, 1.82) is 0 Å². The van der Waals surface area contributed by atoms with Crippen LogP contribution in [0.4, 0.5) is 23.2 Å². The van der Waals surface area contributed by atoms with Gasteiger partial charge >= 0.3 is 12.3 Å². The van der Waals surface area contributed by atoms with Crippen molar-refractivity contribution in [2.45, 2.75) is 18.1 Å². The molecule has 3 N–H and O–H groups in total. The third kappa shape index (κ3) is 5.03. The van der Waals surface area contributed by atoms with Gasteiger partial charge in [0.25, 0.3) is 0 Å². The van der Waals surface area contributed by atoms with Crippen LogP contribution in [0.3, 0.4) is 0 Å². The zero-order valence-electron chi connectivity index (χ0n) is 9.61. The number of alkyl halides is 4. The number of halogens is 4. The van der Waals surface area contributed by atoms with E-state index in [1.165, 1.54) is 29.0 Å². The van der Waals surface area contributed by atoms with Gasteiger partial charge in [-0.3, -0.25) is 0 Å². The van der Waals surface area contributed by atoms with Crippen molar-refractivity contribution >= 4 is 15.7 Å². The zero-order valence-corrected chi connectivity index (χ0v) is 10.4. The molecule has 1 aromatic rings. The number of rotatable bonds is 6. The molecule has 0 bridgehead atoms. The maximum atomic E-state index is 12.6. The first-order chi connectivity index (χ1) is 8.62. The Labute approximate surface area is 107 Å². The van der Waals surface area contributed by atoms with Crippen molar-refractivity contribution in [3.05, 3.63) is 29.8 Å². The summed E-state index contributed by atoms with van der Waals surface area (Å²) < 4.78 is 73.2. The summed E-state index contributed by atoms with van der Waals surface area (Å²) in [6, 6.07) is 5.80. The molecule has 0 saturated carbocycles. The van der Waals surface area contributed by atoms with Gasteiger partial charge in [-0.2, -0.15) is 8.78 Å². The van der Waals surface area contributed by atoms with Crippen LogP contribution in [0.15, 0.2) is 24.3 Å². The third-order valence-electron chi connectivity index (χ3n) is 2.15. The Hall–Kier alpha value is -1.35. The van der Waals surface area contributed by atoms with E-state index >= 15 is 0 Å². The number of benzene rings is 1. The smallest absolute Gasteiger partial charge is 0.320 e. The summed E-state index contributed by atoms with van der Waals surface area (Å²) in [5, 5.41) is 0. The lowest BCUT2D eigenvalue weighted by atomic mass is 10.2. The monoisotopic (exact) mass is 300 g/mol. The van der Waals surface area contributed by atoms with Gasteiger partial charge in [0, 0.05) is 5.69 Å². The van der Waals surface area contributed by atoms with E-state index in [2.05, 4.69) is 0 Å². The number of anilines is 1. The molecular formula is C10H12F4N2O2S. The van der Waals surface area contributed by atoms with Crippen molar-refractivity contribution in [3.63, 3.8) is 0 Å². The van der Waals surface area contributed by atoms with Crippen LogP contribution in [0, 0.1) is 0 Å². The van der Waals surface area contributed by atoms with Crippen LogP contribution in [0.2, 0.25) is 0 Å². The number of nitrogen functional groups attached to an aromatic ring is 1. The summed E-state index contributed by atoms with van der Waals surface area (Å²) in [5.74, 6) is -5.01. The van der Waals surface area contributed by atoms with Gasteiger partial charge in [0.05, 0.1) is 12.3 Å². The molecule has 0 amide bonds. The number of sulfonamides is 1. The highest BCUT2D eigenvalue weighted by molar-refractivity contribution is 7.88. The Kier molecular flexibility index (Phi) is 4.75. The molecule has 0 aliphatic carbocycles. The average molecular weight is 300 g/mol. The Bertz CT molecular complexity index is 534. The molecule has 0 aromatic heterocycles.